The normalized spacial score (nSPS) is 12.0. The predicted molar refractivity (Wildman–Crippen MR) is 95.3 cm³/mol. The number of aromatic amines is 1. The molecule has 0 aliphatic heterocycles. The number of hydrogen-bond acceptors (Lipinski definition) is 5. The molecule has 1 amide bonds. The van der Waals surface area contributed by atoms with Crippen LogP contribution in [-0.4, -0.2) is 28.2 Å². The van der Waals surface area contributed by atoms with Gasteiger partial charge in [0, 0.05) is 18.9 Å². The number of carbonyl (C=O) groups excluding carboxylic acids is 1. The van der Waals surface area contributed by atoms with Crippen molar-refractivity contribution in [3.05, 3.63) is 51.9 Å². The summed E-state index contributed by atoms with van der Waals surface area (Å²) in [5.74, 6) is -0.118. The van der Waals surface area contributed by atoms with Crippen LogP contribution in [-0.2, 0) is 16.1 Å². The summed E-state index contributed by atoms with van der Waals surface area (Å²) in [5, 5.41) is 2.97. The number of thioether (sulfide) groups is 1. The second-order valence-corrected chi connectivity index (χ2v) is 6.54. The van der Waals surface area contributed by atoms with Gasteiger partial charge < -0.3 is 15.0 Å². The summed E-state index contributed by atoms with van der Waals surface area (Å²) in [7, 11) is 1.54. The Balaban J connectivity index is 2.11. The van der Waals surface area contributed by atoms with E-state index in [1.807, 2.05) is 38.1 Å². The van der Waals surface area contributed by atoms with Crippen molar-refractivity contribution < 1.29 is 9.53 Å². The van der Waals surface area contributed by atoms with Gasteiger partial charge in [-0.15, -0.1) is 0 Å². The van der Waals surface area contributed by atoms with Crippen LogP contribution in [0.5, 0.6) is 0 Å². The molecule has 2 aromatic rings. The summed E-state index contributed by atoms with van der Waals surface area (Å²) in [6.07, 6.45) is 0.612. The second kappa shape index (κ2) is 8.65. The van der Waals surface area contributed by atoms with Crippen LogP contribution in [0.1, 0.15) is 24.6 Å². The first kappa shape index (κ1) is 18.2. The Morgan fingerprint density at radius 1 is 1.42 bits per heavy atom. The van der Waals surface area contributed by atoms with Gasteiger partial charge in [-0.3, -0.25) is 9.59 Å². The fourth-order valence-corrected chi connectivity index (χ4v) is 3.10. The Morgan fingerprint density at radius 3 is 2.88 bits per heavy atom. The van der Waals surface area contributed by atoms with Crippen LogP contribution in [0.2, 0.25) is 0 Å². The Morgan fingerprint density at radius 2 is 2.21 bits per heavy atom. The van der Waals surface area contributed by atoms with Gasteiger partial charge in [0.05, 0.1) is 17.6 Å². The van der Waals surface area contributed by atoms with Gasteiger partial charge in [0.2, 0.25) is 5.91 Å². The van der Waals surface area contributed by atoms with Gasteiger partial charge in [0.15, 0.2) is 5.16 Å². The zero-order chi connectivity index (χ0) is 17.5. The Kier molecular flexibility index (Phi) is 6.57. The van der Waals surface area contributed by atoms with Gasteiger partial charge in [0.25, 0.3) is 5.56 Å². The molecule has 128 valence electrons. The number of aromatic nitrogens is 2. The molecule has 0 aliphatic rings. The quantitative estimate of drug-likeness (QED) is 0.594. The number of rotatable bonds is 7. The topological polar surface area (TPSA) is 84.1 Å². The first-order valence-corrected chi connectivity index (χ1v) is 8.53. The van der Waals surface area contributed by atoms with Crippen LogP contribution in [0, 0.1) is 6.92 Å². The maximum atomic E-state index is 12.5. The van der Waals surface area contributed by atoms with Crippen LogP contribution in [0.25, 0.3) is 0 Å². The average molecular weight is 347 g/mol. The van der Waals surface area contributed by atoms with Crippen molar-refractivity contribution in [1.82, 2.24) is 9.97 Å². The number of benzene rings is 1. The maximum Gasteiger partial charge on any atom is 0.251 e. The summed E-state index contributed by atoms with van der Waals surface area (Å²) < 4.78 is 5.00. The fraction of sp³-hybridized carbons (Fsp3) is 0.353. The van der Waals surface area contributed by atoms with E-state index in [1.165, 1.54) is 17.8 Å². The number of carbonyl (C=O) groups is 1. The Labute approximate surface area is 145 Å². The monoisotopic (exact) mass is 347 g/mol. The molecule has 2 rings (SSSR count). The molecular weight excluding hydrogens is 326 g/mol. The highest BCUT2D eigenvalue weighted by Gasteiger charge is 2.19. The van der Waals surface area contributed by atoms with Crippen LogP contribution in [0.4, 0.5) is 5.69 Å². The summed E-state index contributed by atoms with van der Waals surface area (Å²) in [4.78, 5) is 31.1. The summed E-state index contributed by atoms with van der Waals surface area (Å²) >= 11 is 1.24. The van der Waals surface area contributed by atoms with Crippen molar-refractivity contribution in [1.29, 1.82) is 0 Å². The first-order valence-electron chi connectivity index (χ1n) is 7.65. The lowest BCUT2D eigenvalue weighted by molar-refractivity contribution is -0.115. The second-order valence-electron chi connectivity index (χ2n) is 5.35. The molecule has 6 nitrogen and oxygen atoms in total. The molecule has 0 fully saturated rings. The lowest BCUT2D eigenvalue weighted by Crippen LogP contribution is -2.25. The van der Waals surface area contributed by atoms with E-state index in [1.54, 1.807) is 7.11 Å². The van der Waals surface area contributed by atoms with Crippen molar-refractivity contribution in [3.8, 4) is 0 Å². The first-order chi connectivity index (χ1) is 11.5. The van der Waals surface area contributed by atoms with E-state index in [0.29, 0.717) is 17.3 Å². The van der Waals surface area contributed by atoms with E-state index in [2.05, 4.69) is 15.3 Å². The van der Waals surface area contributed by atoms with E-state index in [0.717, 1.165) is 11.3 Å². The number of H-pyrrole nitrogens is 1. The number of hydrogen-bond donors (Lipinski definition) is 2. The third-order valence-corrected chi connectivity index (χ3v) is 4.52. The van der Waals surface area contributed by atoms with Gasteiger partial charge in [-0.2, -0.15) is 0 Å². The molecule has 1 heterocycles. The molecular formula is C17H21N3O3S. The zero-order valence-corrected chi connectivity index (χ0v) is 14.8. The van der Waals surface area contributed by atoms with Crippen LogP contribution in [0.15, 0.2) is 40.3 Å². The molecule has 1 aromatic heterocycles. The van der Waals surface area contributed by atoms with Gasteiger partial charge in [-0.05, 0) is 31.0 Å². The summed E-state index contributed by atoms with van der Waals surface area (Å²) in [6, 6.07) is 9.02. The molecule has 1 atom stereocenters. The van der Waals surface area contributed by atoms with Crippen LogP contribution in [0.3, 0.4) is 0 Å². The van der Waals surface area contributed by atoms with Crippen molar-refractivity contribution in [2.75, 3.05) is 12.4 Å². The maximum absolute atomic E-state index is 12.5. The SMILES string of the molecule is CCC(Sc1nc(COC)cc(=O)[nH]1)C(=O)Nc1cccc(C)c1. The fourth-order valence-electron chi connectivity index (χ4n) is 2.16. The van der Waals surface area contributed by atoms with Crippen LogP contribution < -0.4 is 10.9 Å². The van der Waals surface area contributed by atoms with E-state index >= 15 is 0 Å². The van der Waals surface area contributed by atoms with Gasteiger partial charge in [-0.25, -0.2) is 4.98 Å². The number of nitrogens with one attached hydrogen (secondary N) is 2. The summed E-state index contributed by atoms with van der Waals surface area (Å²) in [5.41, 5.74) is 2.12. The summed E-state index contributed by atoms with van der Waals surface area (Å²) in [6.45, 7) is 4.14. The molecule has 0 aliphatic carbocycles. The Bertz CT molecular complexity index is 761. The standard InChI is InChI=1S/C17H21N3O3S/c1-4-14(16(22)18-12-7-5-6-11(2)8-12)24-17-19-13(10-23-3)9-15(21)20-17/h5-9,14H,4,10H2,1-3H3,(H,18,22)(H,19,20,21). The molecule has 1 aromatic carbocycles. The molecule has 0 saturated carbocycles. The van der Waals surface area contributed by atoms with E-state index in [-0.39, 0.29) is 23.3 Å². The molecule has 7 heteroatoms. The van der Waals surface area contributed by atoms with Gasteiger partial charge >= 0.3 is 0 Å². The van der Waals surface area contributed by atoms with Gasteiger partial charge in [0.1, 0.15) is 0 Å². The van der Waals surface area contributed by atoms with E-state index in [4.69, 9.17) is 4.74 Å². The highest BCUT2D eigenvalue weighted by atomic mass is 32.2. The molecule has 1 unspecified atom stereocenters. The molecule has 0 radical (unpaired) electrons. The van der Waals surface area contributed by atoms with Crippen molar-refractivity contribution in [2.24, 2.45) is 0 Å². The Hall–Kier alpha value is -2.12. The minimum Gasteiger partial charge on any atom is -0.378 e. The third kappa shape index (κ3) is 5.21. The minimum atomic E-state index is -0.355. The zero-order valence-electron chi connectivity index (χ0n) is 14.0. The number of methoxy groups -OCH3 is 1. The molecule has 0 saturated heterocycles. The van der Waals surface area contributed by atoms with Crippen molar-refractivity contribution in [3.63, 3.8) is 0 Å². The van der Waals surface area contributed by atoms with E-state index in [9.17, 15) is 9.59 Å². The highest BCUT2D eigenvalue weighted by Crippen LogP contribution is 2.23. The molecule has 2 N–H and O–H groups in total. The van der Waals surface area contributed by atoms with E-state index < -0.39 is 0 Å². The van der Waals surface area contributed by atoms with Gasteiger partial charge in [-0.1, -0.05) is 30.8 Å². The number of aryl methyl sites for hydroxylation is 1. The number of ether oxygens (including phenoxy) is 1. The third-order valence-electron chi connectivity index (χ3n) is 3.27. The largest absolute Gasteiger partial charge is 0.378 e. The van der Waals surface area contributed by atoms with Crippen molar-refractivity contribution in [2.45, 2.75) is 37.3 Å². The smallest absolute Gasteiger partial charge is 0.251 e. The number of amides is 1. The molecule has 0 bridgehead atoms. The van der Waals surface area contributed by atoms with Crippen molar-refractivity contribution >= 4 is 23.4 Å². The number of anilines is 1. The lowest BCUT2D eigenvalue weighted by atomic mass is 10.2. The minimum absolute atomic E-state index is 0.118. The average Bonchev–Trinajstić information content (AvgIpc) is 2.52. The molecule has 0 spiro atoms. The highest BCUT2D eigenvalue weighted by molar-refractivity contribution is 8.00. The number of nitrogens with zero attached hydrogens (tertiary/aromatic N) is 1. The molecule has 24 heavy (non-hydrogen) atoms. The lowest BCUT2D eigenvalue weighted by Gasteiger charge is -2.14. The predicted octanol–water partition coefficient (Wildman–Crippen LogP) is 2.73. The van der Waals surface area contributed by atoms with Crippen LogP contribution >= 0.6 is 11.8 Å².